The lowest BCUT2D eigenvalue weighted by molar-refractivity contribution is 0.101. The second-order valence-electron chi connectivity index (χ2n) is 3.93. The first-order chi connectivity index (χ1) is 11.1. The van der Waals surface area contributed by atoms with Gasteiger partial charge in [0.25, 0.3) is 23.5 Å². The van der Waals surface area contributed by atoms with Gasteiger partial charge >= 0.3 is 0 Å². The molecule has 0 fully saturated rings. The SMILES string of the molecule is O=C(Nc1cc(Cl)cc(NC(=O)c2nn[nH]n2)n1)c1nn[nH]n1. The summed E-state index contributed by atoms with van der Waals surface area (Å²) in [6.45, 7) is 0. The number of nitrogens with zero attached hydrogens (tertiary/aromatic N) is 7. The van der Waals surface area contributed by atoms with Gasteiger partial charge in [0.1, 0.15) is 11.6 Å². The number of aromatic amines is 2. The molecule has 0 aliphatic heterocycles. The lowest BCUT2D eigenvalue weighted by Gasteiger charge is -2.06. The molecule has 0 saturated carbocycles. The highest BCUT2D eigenvalue weighted by Gasteiger charge is 2.15. The maximum atomic E-state index is 11.8. The van der Waals surface area contributed by atoms with E-state index >= 15 is 0 Å². The van der Waals surface area contributed by atoms with Crippen molar-refractivity contribution < 1.29 is 9.59 Å². The van der Waals surface area contributed by atoms with Crippen LogP contribution >= 0.6 is 11.6 Å². The minimum absolute atomic E-state index is 0.0794. The number of aromatic nitrogens is 9. The summed E-state index contributed by atoms with van der Waals surface area (Å²) in [5.74, 6) is -1.49. The van der Waals surface area contributed by atoms with E-state index in [9.17, 15) is 9.59 Å². The number of pyridine rings is 1. The number of amides is 2. The van der Waals surface area contributed by atoms with Gasteiger partial charge in [-0.1, -0.05) is 11.6 Å². The van der Waals surface area contributed by atoms with Crippen molar-refractivity contribution in [1.29, 1.82) is 0 Å². The zero-order valence-corrected chi connectivity index (χ0v) is 11.7. The van der Waals surface area contributed by atoms with Crippen molar-refractivity contribution in [3.63, 3.8) is 0 Å². The van der Waals surface area contributed by atoms with Crippen LogP contribution in [0.2, 0.25) is 5.02 Å². The average Bonchev–Trinajstić information content (AvgIpc) is 3.20. The standard InChI is InChI=1S/C9H6ClN11O2/c10-3-1-4(12-8(22)6-14-18-19-15-6)11-5(2-3)13-9(23)7-16-20-21-17-7/h1-2H,(H,14,15,18,19)(H,16,17,20,21)(H2,11,12,13,22,23). The number of hydrogen-bond donors (Lipinski definition) is 4. The molecule has 0 saturated heterocycles. The molecule has 2 amide bonds. The van der Waals surface area contributed by atoms with Crippen molar-refractivity contribution >= 4 is 35.1 Å². The zero-order chi connectivity index (χ0) is 16.2. The molecule has 23 heavy (non-hydrogen) atoms. The number of carbonyl (C=O) groups is 2. The van der Waals surface area contributed by atoms with Gasteiger partial charge < -0.3 is 10.6 Å². The molecule has 3 heterocycles. The second kappa shape index (κ2) is 6.10. The Bertz CT molecular complexity index is 765. The summed E-state index contributed by atoms with van der Waals surface area (Å²) in [6, 6.07) is 2.76. The molecule has 14 heteroatoms. The normalized spacial score (nSPS) is 10.3. The predicted molar refractivity (Wildman–Crippen MR) is 73.5 cm³/mol. The molecule has 0 bridgehead atoms. The maximum absolute atomic E-state index is 11.8. The van der Waals surface area contributed by atoms with E-state index in [0.29, 0.717) is 0 Å². The molecule has 0 aromatic carbocycles. The third-order valence-corrected chi connectivity index (χ3v) is 2.59. The van der Waals surface area contributed by atoms with Crippen LogP contribution in [0.4, 0.5) is 11.6 Å². The van der Waals surface area contributed by atoms with E-state index in [1.54, 1.807) is 0 Å². The molecule has 0 aliphatic rings. The summed E-state index contributed by atoms with van der Waals surface area (Å²) in [6.07, 6.45) is 0. The van der Waals surface area contributed by atoms with Crippen LogP contribution in [-0.2, 0) is 0 Å². The molecular weight excluding hydrogens is 330 g/mol. The average molecular weight is 336 g/mol. The Morgan fingerprint density at radius 3 is 1.78 bits per heavy atom. The smallest absolute Gasteiger partial charge is 0.298 e. The first-order valence-electron chi connectivity index (χ1n) is 5.89. The van der Waals surface area contributed by atoms with Gasteiger partial charge in [-0.25, -0.2) is 4.98 Å². The number of hydrogen-bond acceptors (Lipinski definition) is 9. The summed E-state index contributed by atoms with van der Waals surface area (Å²) in [7, 11) is 0. The molecule has 116 valence electrons. The van der Waals surface area contributed by atoms with Crippen LogP contribution < -0.4 is 10.6 Å². The fraction of sp³-hybridized carbons (Fsp3) is 0. The fourth-order valence-electron chi connectivity index (χ4n) is 1.49. The Hall–Kier alpha value is -3.48. The number of tetrazole rings is 2. The monoisotopic (exact) mass is 335 g/mol. The van der Waals surface area contributed by atoms with Crippen molar-refractivity contribution in [2.75, 3.05) is 10.6 Å². The Labute approximate surface area is 131 Å². The molecular formula is C9H6ClN11O2. The molecule has 3 aromatic rings. The van der Waals surface area contributed by atoms with Gasteiger partial charge in [0.15, 0.2) is 0 Å². The Balaban J connectivity index is 1.76. The number of anilines is 2. The minimum atomic E-state index is -0.649. The molecule has 4 N–H and O–H groups in total. The van der Waals surface area contributed by atoms with E-state index in [0.717, 1.165) is 0 Å². The van der Waals surface area contributed by atoms with Crippen LogP contribution in [-0.4, -0.2) is 58.0 Å². The summed E-state index contributed by atoms with van der Waals surface area (Å²) < 4.78 is 0. The predicted octanol–water partition coefficient (Wildman–Crippen LogP) is -0.734. The van der Waals surface area contributed by atoms with Crippen LogP contribution in [0, 0.1) is 0 Å². The van der Waals surface area contributed by atoms with Crippen molar-refractivity contribution in [3.05, 3.63) is 28.8 Å². The number of nitrogens with one attached hydrogen (secondary N) is 4. The fourth-order valence-corrected chi connectivity index (χ4v) is 1.69. The largest absolute Gasteiger partial charge is 0.304 e. The first kappa shape index (κ1) is 14.5. The molecule has 3 rings (SSSR count). The Kier molecular flexibility index (Phi) is 3.84. The van der Waals surface area contributed by atoms with Crippen molar-refractivity contribution in [2.45, 2.75) is 0 Å². The van der Waals surface area contributed by atoms with Crippen LogP contribution in [0.1, 0.15) is 21.2 Å². The van der Waals surface area contributed by atoms with Crippen molar-refractivity contribution in [2.24, 2.45) is 0 Å². The maximum Gasteiger partial charge on any atom is 0.298 e. The van der Waals surface area contributed by atoms with Crippen LogP contribution in [0.3, 0.4) is 0 Å². The quantitative estimate of drug-likeness (QED) is 0.477. The molecule has 0 spiro atoms. The van der Waals surface area contributed by atoms with E-state index in [4.69, 9.17) is 11.6 Å². The van der Waals surface area contributed by atoms with Crippen molar-refractivity contribution in [3.8, 4) is 0 Å². The van der Waals surface area contributed by atoms with Crippen LogP contribution in [0.15, 0.2) is 12.1 Å². The topological polar surface area (TPSA) is 180 Å². The third kappa shape index (κ3) is 3.41. The molecule has 0 atom stereocenters. The highest BCUT2D eigenvalue weighted by Crippen LogP contribution is 2.19. The lowest BCUT2D eigenvalue weighted by Crippen LogP contribution is -2.17. The lowest BCUT2D eigenvalue weighted by atomic mass is 10.4. The van der Waals surface area contributed by atoms with Gasteiger partial charge in [0, 0.05) is 5.02 Å². The highest BCUT2D eigenvalue weighted by molar-refractivity contribution is 6.31. The van der Waals surface area contributed by atoms with Gasteiger partial charge in [-0.2, -0.15) is 10.4 Å². The summed E-state index contributed by atoms with van der Waals surface area (Å²) in [5, 5.41) is 30.0. The number of rotatable bonds is 4. The Morgan fingerprint density at radius 1 is 0.913 bits per heavy atom. The van der Waals surface area contributed by atoms with Gasteiger partial charge in [0.05, 0.1) is 0 Å². The van der Waals surface area contributed by atoms with Crippen LogP contribution in [0.25, 0.3) is 0 Å². The summed E-state index contributed by atoms with van der Waals surface area (Å²) >= 11 is 5.92. The zero-order valence-electron chi connectivity index (χ0n) is 11.0. The molecule has 13 nitrogen and oxygen atoms in total. The molecule has 0 unspecified atom stereocenters. The van der Waals surface area contributed by atoms with Gasteiger partial charge in [-0.15, -0.1) is 20.4 Å². The summed E-state index contributed by atoms with van der Waals surface area (Å²) in [5.41, 5.74) is 0. The van der Waals surface area contributed by atoms with E-state index in [1.807, 2.05) is 0 Å². The first-order valence-corrected chi connectivity index (χ1v) is 6.27. The highest BCUT2D eigenvalue weighted by atomic mass is 35.5. The third-order valence-electron chi connectivity index (χ3n) is 2.37. The number of H-pyrrole nitrogens is 2. The van der Waals surface area contributed by atoms with Gasteiger partial charge in [-0.05, 0) is 22.6 Å². The van der Waals surface area contributed by atoms with Gasteiger partial charge in [-0.3, -0.25) is 9.59 Å². The molecule has 0 aliphatic carbocycles. The Morgan fingerprint density at radius 2 is 1.39 bits per heavy atom. The molecule has 3 aromatic heterocycles. The van der Waals surface area contributed by atoms with E-state index in [2.05, 4.69) is 56.9 Å². The van der Waals surface area contributed by atoms with Crippen LogP contribution in [0.5, 0.6) is 0 Å². The number of carbonyl (C=O) groups excluding carboxylic acids is 2. The van der Waals surface area contributed by atoms with Crippen molar-refractivity contribution in [1.82, 2.24) is 46.2 Å². The van der Waals surface area contributed by atoms with E-state index in [1.165, 1.54) is 12.1 Å². The van der Waals surface area contributed by atoms with E-state index in [-0.39, 0.29) is 28.3 Å². The molecule has 0 radical (unpaired) electrons. The van der Waals surface area contributed by atoms with E-state index < -0.39 is 11.8 Å². The van der Waals surface area contributed by atoms with Gasteiger partial charge in [0.2, 0.25) is 0 Å². The summed E-state index contributed by atoms with van der Waals surface area (Å²) in [4.78, 5) is 27.6. The number of halogens is 1. The minimum Gasteiger partial charge on any atom is -0.304 e. The second-order valence-corrected chi connectivity index (χ2v) is 4.37.